The second-order valence-electron chi connectivity index (χ2n) is 6.87. The number of carbonyl (C=O) groups is 1. The fraction of sp³-hybridized carbons (Fsp3) is 0.350. The van der Waals surface area contributed by atoms with Gasteiger partial charge in [0.25, 0.3) is 0 Å². The fourth-order valence-corrected chi connectivity index (χ4v) is 3.12. The zero-order valence-corrected chi connectivity index (χ0v) is 15.7. The molecule has 1 aliphatic carbocycles. The minimum Gasteiger partial charge on any atom is -0.497 e. The molecule has 1 aromatic carbocycles. The number of hydrogen-bond donors (Lipinski definition) is 1. The van der Waals surface area contributed by atoms with E-state index in [-0.39, 0.29) is 12.5 Å². The molecule has 0 saturated heterocycles. The summed E-state index contributed by atoms with van der Waals surface area (Å²) in [6.07, 6.45) is 2.23. The Balaban J connectivity index is 1.49. The molecule has 1 N–H and O–H groups in total. The highest BCUT2D eigenvalue weighted by molar-refractivity contribution is 5.90. The summed E-state index contributed by atoms with van der Waals surface area (Å²) in [7, 11) is 1.61. The molecule has 0 spiro atoms. The van der Waals surface area contributed by atoms with Gasteiger partial charge < -0.3 is 19.0 Å². The minimum absolute atomic E-state index is 0.0993. The lowest BCUT2D eigenvalue weighted by molar-refractivity contribution is -0.116. The Kier molecular flexibility index (Phi) is 4.43. The van der Waals surface area contributed by atoms with Gasteiger partial charge in [-0.3, -0.25) is 4.79 Å². The van der Waals surface area contributed by atoms with Gasteiger partial charge >= 0.3 is 0 Å². The first-order valence-electron chi connectivity index (χ1n) is 8.99. The number of hydrogen-bond acceptors (Lipinski definition) is 5. The van der Waals surface area contributed by atoms with Gasteiger partial charge in [-0.1, -0.05) is 0 Å². The van der Waals surface area contributed by atoms with Crippen molar-refractivity contribution >= 4 is 11.6 Å². The molecule has 0 radical (unpaired) electrons. The molecule has 1 fully saturated rings. The molecule has 1 aliphatic rings. The summed E-state index contributed by atoms with van der Waals surface area (Å²) in [5.41, 5.74) is 3.51. The van der Waals surface area contributed by atoms with Gasteiger partial charge in [-0.05, 0) is 57.0 Å². The Hall–Kier alpha value is -3.09. The summed E-state index contributed by atoms with van der Waals surface area (Å²) in [6.45, 7) is 4.15. The van der Waals surface area contributed by atoms with Crippen LogP contribution in [0.25, 0.3) is 11.5 Å². The second-order valence-corrected chi connectivity index (χ2v) is 6.87. The molecule has 7 heteroatoms. The topological polar surface area (TPSA) is 82.2 Å². The number of methoxy groups -OCH3 is 1. The maximum Gasteiger partial charge on any atom is 0.249 e. The molecule has 2 aromatic heterocycles. The highest BCUT2D eigenvalue weighted by atomic mass is 16.5. The zero-order chi connectivity index (χ0) is 19.0. The Bertz CT molecular complexity index is 968. The molecule has 1 amide bonds. The van der Waals surface area contributed by atoms with Crippen LogP contribution < -0.4 is 10.1 Å². The predicted octanol–water partition coefficient (Wildman–Crippen LogP) is 3.68. The number of anilines is 1. The first-order valence-corrected chi connectivity index (χ1v) is 8.99. The van der Waals surface area contributed by atoms with Gasteiger partial charge in [0.1, 0.15) is 12.3 Å². The van der Waals surface area contributed by atoms with E-state index in [9.17, 15) is 4.79 Å². The average Bonchev–Trinajstić information content (AvgIpc) is 3.34. The number of ether oxygens (including phenoxy) is 1. The van der Waals surface area contributed by atoms with Gasteiger partial charge in [0.2, 0.25) is 17.7 Å². The molecule has 1 saturated carbocycles. The van der Waals surface area contributed by atoms with Crippen molar-refractivity contribution in [1.29, 1.82) is 0 Å². The van der Waals surface area contributed by atoms with Gasteiger partial charge in [0, 0.05) is 23.0 Å². The zero-order valence-electron chi connectivity index (χ0n) is 15.7. The quantitative estimate of drug-likeness (QED) is 0.720. The highest BCUT2D eigenvalue weighted by Gasteiger charge is 2.30. The van der Waals surface area contributed by atoms with E-state index in [0.29, 0.717) is 17.7 Å². The lowest BCUT2D eigenvalue weighted by Crippen LogP contribution is -2.20. The highest BCUT2D eigenvalue weighted by Crippen LogP contribution is 2.40. The van der Waals surface area contributed by atoms with Gasteiger partial charge in [0.05, 0.1) is 12.7 Å². The third-order valence-electron chi connectivity index (χ3n) is 4.85. The van der Waals surface area contributed by atoms with E-state index in [0.717, 1.165) is 41.2 Å². The Morgan fingerprint density at radius 2 is 2.00 bits per heavy atom. The van der Waals surface area contributed by atoms with Crippen LogP contribution >= 0.6 is 0 Å². The van der Waals surface area contributed by atoms with E-state index >= 15 is 0 Å². The van der Waals surface area contributed by atoms with E-state index in [1.807, 2.05) is 48.7 Å². The van der Waals surface area contributed by atoms with E-state index in [4.69, 9.17) is 9.15 Å². The molecule has 27 heavy (non-hydrogen) atoms. The van der Waals surface area contributed by atoms with Crippen molar-refractivity contribution in [3.05, 3.63) is 47.6 Å². The fourth-order valence-electron chi connectivity index (χ4n) is 3.12. The van der Waals surface area contributed by atoms with Crippen molar-refractivity contribution in [2.75, 3.05) is 12.4 Å². The summed E-state index contributed by atoms with van der Waals surface area (Å²) < 4.78 is 12.9. The minimum atomic E-state index is -0.0993. The molecule has 0 bridgehead atoms. The Morgan fingerprint density at radius 3 is 2.67 bits per heavy atom. The molecule has 7 nitrogen and oxygen atoms in total. The van der Waals surface area contributed by atoms with Crippen LogP contribution in [0.15, 0.2) is 34.7 Å². The maximum atomic E-state index is 12.5. The molecule has 4 rings (SSSR count). The number of aryl methyl sites for hydroxylation is 1. The Morgan fingerprint density at radius 1 is 1.26 bits per heavy atom. The van der Waals surface area contributed by atoms with Crippen LogP contribution in [0.2, 0.25) is 0 Å². The SMILES string of the molecule is COc1ccc(NC(=O)Cn2c(C)cc(-c3nnc(C4CC4)o3)c2C)cc1. The van der Waals surface area contributed by atoms with Crippen LogP contribution in [-0.2, 0) is 11.3 Å². The third kappa shape index (κ3) is 3.58. The summed E-state index contributed by atoms with van der Waals surface area (Å²) in [4.78, 5) is 12.5. The first-order chi connectivity index (χ1) is 13.0. The maximum absolute atomic E-state index is 12.5. The van der Waals surface area contributed by atoms with E-state index in [2.05, 4.69) is 15.5 Å². The molecule has 0 unspecified atom stereocenters. The first kappa shape index (κ1) is 17.3. The van der Waals surface area contributed by atoms with Crippen molar-refractivity contribution in [2.24, 2.45) is 0 Å². The van der Waals surface area contributed by atoms with E-state index in [1.54, 1.807) is 7.11 Å². The lowest BCUT2D eigenvalue weighted by Gasteiger charge is -2.10. The molecule has 0 atom stereocenters. The molecule has 2 heterocycles. The third-order valence-corrected chi connectivity index (χ3v) is 4.85. The number of amides is 1. The van der Waals surface area contributed by atoms with Crippen LogP contribution in [0.1, 0.15) is 36.0 Å². The van der Waals surface area contributed by atoms with E-state index in [1.165, 1.54) is 0 Å². The summed E-state index contributed by atoms with van der Waals surface area (Å²) in [6, 6.07) is 9.24. The molecular formula is C20H22N4O3. The normalized spacial score (nSPS) is 13.6. The molecular weight excluding hydrogens is 344 g/mol. The smallest absolute Gasteiger partial charge is 0.249 e. The van der Waals surface area contributed by atoms with Crippen LogP contribution in [0.3, 0.4) is 0 Å². The summed E-state index contributed by atoms with van der Waals surface area (Å²) in [5, 5.41) is 11.2. The average molecular weight is 366 g/mol. The lowest BCUT2D eigenvalue weighted by atomic mass is 10.2. The predicted molar refractivity (Wildman–Crippen MR) is 101 cm³/mol. The number of rotatable bonds is 6. The van der Waals surface area contributed by atoms with Gasteiger partial charge in [-0.2, -0.15) is 0 Å². The van der Waals surface area contributed by atoms with Crippen molar-refractivity contribution in [3.8, 4) is 17.2 Å². The van der Waals surface area contributed by atoms with E-state index < -0.39 is 0 Å². The monoisotopic (exact) mass is 366 g/mol. The van der Waals surface area contributed by atoms with Crippen LogP contribution in [0.5, 0.6) is 5.75 Å². The van der Waals surface area contributed by atoms with Crippen molar-refractivity contribution < 1.29 is 13.9 Å². The van der Waals surface area contributed by atoms with Crippen molar-refractivity contribution in [3.63, 3.8) is 0 Å². The van der Waals surface area contributed by atoms with Crippen LogP contribution in [-0.4, -0.2) is 27.8 Å². The molecule has 140 valence electrons. The number of aromatic nitrogens is 3. The Labute approximate surface area is 157 Å². The van der Waals surface area contributed by atoms with Crippen LogP contribution in [0.4, 0.5) is 5.69 Å². The summed E-state index contributed by atoms with van der Waals surface area (Å²) >= 11 is 0. The number of nitrogens with zero attached hydrogens (tertiary/aromatic N) is 3. The van der Waals surface area contributed by atoms with Gasteiger partial charge in [-0.15, -0.1) is 10.2 Å². The van der Waals surface area contributed by atoms with Crippen molar-refractivity contribution in [1.82, 2.24) is 14.8 Å². The van der Waals surface area contributed by atoms with Gasteiger partial charge in [-0.25, -0.2) is 0 Å². The van der Waals surface area contributed by atoms with Gasteiger partial charge in [0.15, 0.2) is 0 Å². The number of nitrogens with one attached hydrogen (secondary N) is 1. The largest absolute Gasteiger partial charge is 0.497 e. The number of benzene rings is 1. The molecule has 3 aromatic rings. The summed E-state index contributed by atoms with van der Waals surface area (Å²) in [5.74, 6) is 2.31. The second kappa shape index (κ2) is 6.90. The van der Waals surface area contributed by atoms with Crippen molar-refractivity contribution in [2.45, 2.75) is 39.2 Å². The number of carbonyl (C=O) groups excluding carboxylic acids is 1. The van der Waals surface area contributed by atoms with Crippen LogP contribution in [0, 0.1) is 13.8 Å². The standard InChI is InChI=1S/C20H22N4O3/c1-12-10-17(20-23-22-19(27-20)14-4-5-14)13(2)24(12)11-18(25)21-15-6-8-16(26-3)9-7-15/h6-10,14H,4-5,11H2,1-3H3,(H,21,25). The molecule has 0 aliphatic heterocycles.